The van der Waals surface area contributed by atoms with E-state index in [0.717, 1.165) is 52.2 Å². The molecule has 2 saturated heterocycles. The minimum atomic E-state index is -0.362. The van der Waals surface area contributed by atoms with Gasteiger partial charge < -0.3 is 10.2 Å². The highest BCUT2D eigenvalue weighted by molar-refractivity contribution is 7.14. The summed E-state index contributed by atoms with van der Waals surface area (Å²) in [6, 6.07) is 4.35. The van der Waals surface area contributed by atoms with Crippen LogP contribution in [-0.4, -0.2) is 62.4 Å². The van der Waals surface area contributed by atoms with Gasteiger partial charge in [-0.2, -0.15) is 0 Å². The minimum Gasteiger partial charge on any atom is -0.318 e. The Morgan fingerprint density at radius 1 is 1.16 bits per heavy atom. The number of amides is 2. The van der Waals surface area contributed by atoms with Crippen LogP contribution in [0.3, 0.4) is 0 Å². The first-order valence-electron chi connectivity index (χ1n) is 10.6. The number of nitrogens with one attached hydrogen (secondary N) is 2. The fraction of sp³-hybridized carbons (Fsp3) is 0.476. The van der Waals surface area contributed by atoms with Crippen molar-refractivity contribution in [2.24, 2.45) is 0 Å². The Hall–Kier alpha value is -2.72. The maximum atomic E-state index is 13.0. The molecule has 162 valence electrons. The van der Waals surface area contributed by atoms with Crippen LogP contribution in [0.5, 0.6) is 0 Å². The number of urea groups is 1. The van der Waals surface area contributed by atoms with Crippen molar-refractivity contribution in [2.45, 2.75) is 50.7 Å². The number of carbonyl (C=O) groups is 1. The largest absolute Gasteiger partial charge is 0.323 e. The van der Waals surface area contributed by atoms with E-state index in [4.69, 9.17) is 0 Å². The van der Waals surface area contributed by atoms with Gasteiger partial charge in [0.15, 0.2) is 5.01 Å². The zero-order valence-electron chi connectivity index (χ0n) is 17.2. The monoisotopic (exact) mass is 441 g/mol. The van der Waals surface area contributed by atoms with Gasteiger partial charge in [-0.15, -0.1) is 10.2 Å². The van der Waals surface area contributed by atoms with Gasteiger partial charge in [-0.25, -0.2) is 14.2 Å². The lowest BCUT2D eigenvalue weighted by Gasteiger charge is -2.39. The van der Waals surface area contributed by atoms with Crippen molar-refractivity contribution >= 4 is 34.0 Å². The first kappa shape index (κ1) is 20.2. The van der Waals surface area contributed by atoms with Crippen LogP contribution in [0, 0.1) is 6.92 Å². The third kappa shape index (κ3) is 4.09. The highest BCUT2D eigenvalue weighted by Crippen LogP contribution is 2.36. The highest BCUT2D eigenvalue weighted by atomic mass is 32.1. The Bertz CT molecular complexity index is 1090. The number of fused-ring (bicyclic) bond motifs is 3. The molecule has 0 aromatic carbocycles. The topological polar surface area (TPSA) is 95.9 Å². The van der Waals surface area contributed by atoms with Crippen LogP contribution in [0.15, 0.2) is 24.5 Å². The average Bonchev–Trinajstić information content (AvgIpc) is 3.32. The third-order valence-electron chi connectivity index (χ3n) is 6.08. The molecule has 2 amide bonds. The van der Waals surface area contributed by atoms with Gasteiger partial charge >= 0.3 is 6.03 Å². The summed E-state index contributed by atoms with van der Waals surface area (Å²) in [4.78, 5) is 23.9. The molecule has 2 aliphatic heterocycles. The lowest BCUT2D eigenvalue weighted by molar-refractivity contribution is 0.141. The molecule has 3 aromatic rings. The van der Waals surface area contributed by atoms with Crippen molar-refractivity contribution in [3.05, 3.63) is 29.5 Å². The Kier molecular flexibility index (Phi) is 5.49. The molecule has 5 rings (SSSR count). The number of halogens is 1. The van der Waals surface area contributed by atoms with Gasteiger partial charge in [-0.1, -0.05) is 11.3 Å². The minimum absolute atomic E-state index is 0.114. The van der Waals surface area contributed by atoms with E-state index >= 15 is 0 Å². The van der Waals surface area contributed by atoms with Crippen LogP contribution in [-0.2, 0) is 0 Å². The van der Waals surface area contributed by atoms with Crippen LogP contribution in [0.2, 0.25) is 0 Å². The van der Waals surface area contributed by atoms with E-state index in [1.165, 1.54) is 11.3 Å². The van der Waals surface area contributed by atoms with E-state index in [9.17, 15) is 9.18 Å². The molecular formula is C21H24FN7OS. The molecule has 5 heterocycles. The maximum absolute atomic E-state index is 13.0. The second-order valence-electron chi connectivity index (χ2n) is 8.15. The summed E-state index contributed by atoms with van der Waals surface area (Å²) in [5.74, 6) is 0.514. The van der Waals surface area contributed by atoms with Crippen molar-refractivity contribution in [3.8, 4) is 10.7 Å². The van der Waals surface area contributed by atoms with Gasteiger partial charge in [0.2, 0.25) is 0 Å². The lowest BCUT2D eigenvalue weighted by Crippen LogP contribution is -2.53. The van der Waals surface area contributed by atoms with Gasteiger partial charge in [-0.3, -0.25) is 10.3 Å². The van der Waals surface area contributed by atoms with E-state index in [1.807, 2.05) is 24.0 Å². The molecule has 31 heavy (non-hydrogen) atoms. The fourth-order valence-corrected chi connectivity index (χ4v) is 5.39. The molecule has 8 nitrogen and oxygen atoms in total. The molecule has 0 saturated carbocycles. The normalized spacial score (nSPS) is 22.8. The first-order chi connectivity index (χ1) is 15.1. The SMILES string of the molecule is Cc1nnc(-c2cc3cc(NC(=O)N4C5CC[C@H]4C[C@@H](NCCF)C5)ncc3cn2)s1. The molecule has 2 N–H and O–H groups in total. The summed E-state index contributed by atoms with van der Waals surface area (Å²) < 4.78 is 12.5. The van der Waals surface area contributed by atoms with Gasteiger partial charge in [-0.05, 0) is 50.1 Å². The van der Waals surface area contributed by atoms with Crippen molar-refractivity contribution in [3.63, 3.8) is 0 Å². The van der Waals surface area contributed by atoms with Gasteiger partial charge in [0.25, 0.3) is 0 Å². The predicted octanol–water partition coefficient (Wildman–Crippen LogP) is 3.54. The van der Waals surface area contributed by atoms with Crippen molar-refractivity contribution in [1.29, 1.82) is 0 Å². The Balaban J connectivity index is 1.31. The number of nitrogens with zero attached hydrogens (tertiary/aromatic N) is 5. The standard InChI is InChI=1S/C21H24FN7OS/c1-12-27-28-20(31-12)18-6-13-7-19(25-11-14(13)10-24-18)26-21(30)29-16-2-3-17(29)9-15(8-16)23-5-4-22/h6-7,10-11,15-17,23H,2-5,8-9H2,1H3,(H,25,26,30)/t15-,16+,17?/m1/s1. The lowest BCUT2D eigenvalue weighted by atomic mass is 9.97. The summed E-state index contributed by atoms with van der Waals surface area (Å²) >= 11 is 1.49. The van der Waals surface area contributed by atoms with E-state index in [0.29, 0.717) is 12.4 Å². The molecule has 3 atom stereocenters. The van der Waals surface area contributed by atoms with Gasteiger partial charge in [0.1, 0.15) is 23.2 Å². The van der Waals surface area contributed by atoms with E-state index in [2.05, 4.69) is 30.8 Å². The van der Waals surface area contributed by atoms with E-state index in [1.54, 1.807) is 12.4 Å². The third-order valence-corrected chi connectivity index (χ3v) is 6.94. The first-order valence-corrected chi connectivity index (χ1v) is 11.4. The van der Waals surface area contributed by atoms with E-state index < -0.39 is 0 Å². The number of carbonyl (C=O) groups excluding carboxylic acids is 1. The summed E-state index contributed by atoms with van der Waals surface area (Å²) in [5.41, 5.74) is 0.752. The maximum Gasteiger partial charge on any atom is 0.323 e. The van der Waals surface area contributed by atoms with Gasteiger partial charge in [0, 0.05) is 42.5 Å². The summed E-state index contributed by atoms with van der Waals surface area (Å²) in [5, 5.41) is 17.9. The van der Waals surface area contributed by atoms with Crippen LogP contribution >= 0.6 is 11.3 Å². The predicted molar refractivity (Wildman–Crippen MR) is 118 cm³/mol. The molecule has 3 aromatic heterocycles. The number of hydrogen-bond acceptors (Lipinski definition) is 7. The summed E-state index contributed by atoms with van der Waals surface area (Å²) in [7, 11) is 0. The molecular weight excluding hydrogens is 417 g/mol. The van der Waals surface area contributed by atoms with Crippen molar-refractivity contribution in [1.82, 2.24) is 30.4 Å². The van der Waals surface area contributed by atoms with Gasteiger partial charge in [0.05, 0.1) is 0 Å². The Labute approximate surface area is 183 Å². The molecule has 2 fully saturated rings. The van der Waals surface area contributed by atoms with Crippen LogP contribution < -0.4 is 10.6 Å². The van der Waals surface area contributed by atoms with Crippen LogP contribution in [0.4, 0.5) is 15.0 Å². The second kappa shape index (κ2) is 8.43. The molecule has 2 bridgehead atoms. The number of alkyl halides is 1. The smallest absolute Gasteiger partial charge is 0.318 e. The van der Waals surface area contributed by atoms with Crippen molar-refractivity contribution < 1.29 is 9.18 Å². The Morgan fingerprint density at radius 2 is 1.94 bits per heavy atom. The zero-order valence-corrected chi connectivity index (χ0v) is 18.0. The van der Waals surface area contributed by atoms with Crippen LogP contribution in [0.25, 0.3) is 21.5 Å². The zero-order chi connectivity index (χ0) is 21.4. The fourth-order valence-electron chi connectivity index (χ4n) is 4.73. The number of aryl methyl sites for hydroxylation is 1. The number of anilines is 1. The number of piperidine rings is 1. The molecule has 1 unspecified atom stereocenters. The Morgan fingerprint density at radius 3 is 2.65 bits per heavy atom. The molecule has 0 spiro atoms. The molecule has 2 aliphatic rings. The number of rotatable bonds is 5. The highest BCUT2D eigenvalue weighted by Gasteiger charge is 2.43. The number of aromatic nitrogens is 4. The van der Waals surface area contributed by atoms with Crippen molar-refractivity contribution in [2.75, 3.05) is 18.5 Å². The summed E-state index contributed by atoms with van der Waals surface area (Å²) in [6.45, 7) is 1.93. The molecule has 0 radical (unpaired) electrons. The number of hydrogen-bond donors (Lipinski definition) is 2. The molecule has 10 heteroatoms. The van der Waals surface area contributed by atoms with E-state index in [-0.39, 0.29) is 30.8 Å². The summed E-state index contributed by atoms with van der Waals surface area (Å²) in [6.07, 6.45) is 7.20. The average molecular weight is 442 g/mol. The molecule has 0 aliphatic carbocycles. The number of pyridine rings is 2. The second-order valence-corrected chi connectivity index (χ2v) is 9.33. The quantitative estimate of drug-likeness (QED) is 0.629. The van der Waals surface area contributed by atoms with Crippen LogP contribution in [0.1, 0.15) is 30.7 Å².